The maximum Gasteiger partial charge on any atom is 0.187 e. The number of thiocarbonyl (C=S) groups is 1. The van der Waals surface area contributed by atoms with Gasteiger partial charge in [0, 0.05) is 19.4 Å². The molecule has 0 amide bonds. The van der Waals surface area contributed by atoms with E-state index in [0.717, 1.165) is 24.8 Å². The van der Waals surface area contributed by atoms with Crippen LogP contribution in [0.2, 0.25) is 0 Å². The summed E-state index contributed by atoms with van der Waals surface area (Å²) in [5.74, 6) is 1.83. The molecule has 5 heteroatoms. The van der Waals surface area contributed by atoms with E-state index in [0.29, 0.717) is 11.7 Å². The number of fused-ring (bicyclic) bond motifs is 1. The molecular weight excluding hydrogens is 258 g/mol. The molecule has 108 valence electrons. The number of hydrogen-bond donors (Lipinski definition) is 2. The first-order chi connectivity index (χ1) is 9.29. The van der Waals surface area contributed by atoms with Crippen LogP contribution in [-0.4, -0.2) is 31.1 Å². The van der Waals surface area contributed by atoms with E-state index in [1.54, 1.807) is 7.11 Å². The fraction of sp³-hybridized carbons (Fsp3) is 0.857. The fourth-order valence-corrected chi connectivity index (χ4v) is 3.38. The summed E-state index contributed by atoms with van der Waals surface area (Å²) in [5, 5.41) is 8.14. The van der Waals surface area contributed by atoms with Gasteiger partial charge in [-0.3, -0.25) is 5.43 Å². The molecule has 2 fully saturated rings. The molecule has 2 atom stereocenters. The van der Waals surface area contributed by atoms with E-state index in [9.17, 15) is 0 Å². The molecule has 0 aliphatic heterocycles. The van der Waals surface area contributed by atoms with Gasteiger partial charge in [0.2, 0.25) is 0 Å². The Hall–Kier alpha value is -0.680. The number of hydrogen-bond acceptors (Lipinski definition) is 3. The van der Waals surface area contributed by atoms with E-state index >= 15 is 0 Å². The third-order valence-electron chi connectivity index (χ3n) is 4.28. The van der Waals surface area contributed by atoms with Gasteiger partial charge in [-0.05, 0) is 49.7 Å². The van der Waals surface area contributed by atoms with E-state index in [1.165, 1.54) is 44.2 Å². The summed E-state index contributed by atoms with van der Waals surface area (Å²) < 4.78 is 4.96. The zero-order valence-electron chi connectivity index (χ0n) is 11.8. The second-order valence-corrected chi connectivity index (χ2v) is 5.99. The zero-order valence-corrected chi connectivity index (χ0v) is 12.6. The normalized spacial score (nSPS) is 28.8. The minimum atomic E-state index is 0.593. The smallest absolute Gasteiger partial charge is 0.187 e. The molecule has 0 aromatic rings. The lowest BCUT2D eigenvalue weighted by molar-refractivity contribution is 0.204. The van der Waals surface area contributed by atoms with Crippen molar-refractivity contribution >= 4 is 23.0 Å². The maximum absolute atomic E-state index is 5.17. The Kier molecular flexibility index (Phi) is 6.04. The van der Waals surface area contributed by atoms with E-state index in [-0.39, 0.29) is 0 Å². The Morgan fingerprint density at radius 3 is 2.89 bits per heavy atom. The van der Waals surface area contributed by atoms with Crippen LogP contribution >= 0.6 is 12.2 Å². The highest BCUT2D eigenvalue weighted by atomic mass is 32.1. The molecule has 2 rings (SSSR count). The first-order valence-electron chi connectivity index (χ1n) is 7.38. The van der Waals surface area contributed by atoms with Crippen molar-refractivity contribution in [3.63, 3.8) is 0 Å². The minimum absolute atomic E-state index is 0.593. The molecule has 2 N–H and O–H groups in total. The molecule has 2 aliphatic rings. The molecule has 0 aromatic carbocycles. The number of nitrogens with one attached hydrogen (secondary N) is 2. The van der Waals surface area contributed by atoms with Gasteiger partial charge in [-0.2, -0.15) is 5.10 Å². The van der Waals surface area contributed by atoms with E-state index in [1.807, 2.05) is 0 Å². The van der Waals surface area contributed by atoms with Crippen molar-refractivity contribution in [3.05, 3.63) is 0 Å². The average molecular weight is 283 g/mol. The van der Waals surface area contributed by atoms with Gasteiger partial charge in [-0.15, -0.1) is 0 Å². The molecule has 0 heterocycles. The Labute approximate surface area is 121 Å². The van der Waals surface area contributed by atoms with E-state index in [2.05, 4.69) is 15.8 Å². The summed E-state index contributed by atoms with van der Waals surface area (Å²) in [7, 11) is 1.68. The second kappa shape index (κ2) is 7.80. The van der Waals surface area contributed by atoms with Crippen molar-refractivity contribution in [3.8, 4) is 0 Å². The van der Waals surface area contributed by atoms with Crippen molar-refractivity contribution in [1.82, 2.24) is 10.7 Å². The number of hydrazone groups is 1. The lowest BCUT2D eigenvalue weighted by atomic mass is 9.70. The number of nitrogens with zero attached hydrogens (tertiary/aromatic N) is 1. The van der Waals surface area contributed by atoms with Gasteiger partial charge in [0.25, 0.3) is 0 Å². The SMILES string of the molecule is COCCNC(=S)N/N=C1/CC[C@H]2CCCC[C@@H]2C1. The summed E-state index contributed by atoms with van der Waals surface area (Å²) in [6.07, 6.45) is 9.27. The van der Waals surface area contributed by atoms with E-state index < -0.39 is 0 Å². The number of ether oxygens (including phenoxy) is 1. The van der Waals surface area contributed by atoms with Crippen LogP contribution in [0.1, 0.15) is 44.9 Å². The van der Waals surface area contributed by atoms with Crippen LogP contribution in [0.5, 0.6) is 0 Å². The van der Waals surface area contributed by atoms with Crippen LogP contribution in [0.15, 0.2) is 5.10 Å². The highest BCUT2D eigenvalue weighted by Gasteiger charge is 2.30. The predicted molar refractivity (Wildman–Crippen MR) is 82.3 cm³/mol. The Balaban J connectivity index is 1.72. The predicted octanol–water partition coefficient (Wildman–Crippen LogP) is 2.44. The highest BCUT2D eigenvalue weighted by Crippen LogP contribution is 2.39. The Morgan fingerprint density at radius 1 is 1.32 bits per heavy atom. The Bertz CT molecular complexity index is 333. The molecule has 2 aliphatic carbocycles. The van der Waals surface area contributed by atoms with Gasteiger partial charge in [-0.25, -0.2) is 0 Å². The summed E-state index contributed by atoms with van der Waals surface area (Å²) in [4.78, 5) is 0. The van der Waals surface area contributed by atoms with Crippen molar-refractivity contribution in [1.29, 1.82) is 0 Å². The highest BCUT2D eigenvalue weighted by molar-refractivity contribution is 7.80. The van der Waals surface area contributed by atoms with Crippen LogP contribution in [0.4, 0.5) is 0 Å². The number of methoxy groups -OCH3 is 1. The molecule has 0 aromatic heterocycles. The largest absolute Gasteiger partial charge is 0.383 e. The first-order valence-corrected chi connectivity index (χ1v) is 7.78. The van der Waals surface area contributed by atoms with Gasteiger partial charge < -0.3 is 10.1 Å². The summed E-state index contributed by atoms with van der Waals surface area (Å²) in [6, 6.07) is 0. The Morgan fingerprint density at radius 2 is 2.11 bits per heavy atom. The molecule has 0 bridgehead atoms. The number of rotatable bonds is 4. The van der Waals surface area contributed by atoms with E-state index in [4.69, 9.17) is 17.0 Å². The molecule has 0 spiro atoms. The fourth-order valence-electron chi connectivity index (χ4n) is 3.23. The summed E-state index contributed by atoms with van der Waals surface area (Å²) in [6.45, 7) is 1.38. The van der Waals surface area contributed by atoms with Gasteiger partial charge in [0.15, 0.2) is 5.11 Å². The lowest BCUT2D eigenvalue weighted by Gasteiger charge is -2.35. The molecule has 0 saturated heterocycles. The molecular formula is C14H25N3OS. The standard InChI is InChI=1S/C14H25N3OS/c1-18-9-8-15-14(19)17-16-13-7-6-11-4-2-3-5-12(11)10-13/h11-12H,2-10H2,1H3,(H2,15,17,19)/b16-13-/t11-,12-/m1/s1. The van der Waals surface area contributed by atoms with Crippen molar-refractivity contribution < 1.29 is 4.74 Å². The second-order valence-electron chi connectivity index (χ2n) is 5.59. The average Bonchev–Trinajstić information content (AvgIpc) is 2.45. The van der Waals surface area contributed by atoms with Gasteiger partial charge >= 0.3 is 0 Å². The topological polar surface area (TPSA) is 45.6 Å². The minimum Gasteiger partial charge on any atom is -0.383 e. The van der Waals surface area contributed by atoms with Crippen molar-refractivity contribution in [2.75, 3.05) is 20.3 Å². The van der Waals surface area contributed by atoms with Crippen LogP contribution in [-0.2, 0) is 4.74 Å². The maximum atomic E-state index is 5.17. The third-order valence-corrected chi connectivity index (χ3v) is 4.51. The first kappa shape index (κ1) is 14.7. The summed E-state index contributed by atoms with van der Waals surface area (Å²) in [5.41, 5.74) is 4.25. The van der Waals surface area contributed by atoms with Gasteiger partial charge in [-0.1, -0.05) is 19.3 Å². The monoisotopic (exact) mass is 283 g/mol. The summed E-state index contributed by atoms with van der Waals surface area (Å²) >= 11 is 5.17. The molecule has 0 radical (unpaired) electrons. The molecule has 2 saturated carbocycles. The lowest BCUT2D eigenvalue weighted by Crippen LogP contribution is -2.35. The van der Waals surface area contributed by atoms with Crippen LogP contribution in [0.25, 0.3) is 0 Å². The van der Waals surface area contributed by atoms with Crippen molar-refractivity contribution in [2.45, 2.75) is 44.9 Å². The van der Waals surface area contributed by atoms with Crippen LogP contribution < -0.4 is 10.7 Å². The van der Waals surface area contributed by atoms with Gasteiger partial charge in [0.05, 0.1) is 6.61 Å². The molecule has 4 nitrogen and oxygen atoms in total. The van der Waals surface area contributed by atoms with Gasteiger partial charge in [0.1, 0.15) is 0 Å². The quantitative estimate of drug-likeness (QED) is 0.472. The molecule has 0 unspecified atom stereocenters. The third kappa shape index (κ3) is 4.73. The molecule has 19 heavy (non-hydrogen) atoms. The van der Waals surface area contributed by atoms with Crippen LogP contribution in [0, 0.1) is 11.8 Å². The van der Waals surface area contributed by atoms with Crippen molar-refractivity contribution in [2.24, 2.45) is 16.9 Å². The zero-order chi connectivity index (χ0) is 13.5. The van der Waals surface area contributed by atoms with Crippen LogP contribution in [0.3, 0.4) is 0 Å².